The van der Waals surface area contributed by atoms with Crippen LogP contribution in [0.5, 0.6) is 0 Å². The predicted octanol–water partition coefficient (Wildman–Crippen LogP) is 2.83. The first kappa shape index (κ1) is 10.9. The van der Waals surface area contributed by atoms with Crippen LogP contribution in [0.4, 0.5) is 4.39 Å². The van der Waals surface area contributed by atoms with Gasteiger partial charge in [-0.3, -0.25) is 0 Å². The minimum atomic E-state index is -0.322. The summed E-state index contributed by atoms with van der Waals surface area (Å²) in [5, 5.41) is 3.32. The quantitative estimate of drug-likeness (QED) is 0.493. The van der Waals surface area contributed by atoms with Gasteiger partial charge in [-0.1, -0.05) is 28.6 Å². The molecule has 14 heavy (non-hydrogen) atoms. The van der Waals surface area contributed by atoms with Crippen LogP contribution in [0.3, 0.4) is 0 Å². The first-order valence-corrected chi connectivity index (χ1v) is 4.75. The Morgan fingerprint density at radius 3 is 2.71 bits per heavy atom. The summed E-state index contributed by atoms with van der Waals surface area (Å²) in [4.78, 5) is 0. The first-order chi connectivity index (χ1) is 6.61. The number of hydrogen-bond acceptors (Lipinski definition) is 2. The summed E-state index contributed by atoms with van der Waals surface area (Å²) in [5.74, 6) is 4.68. The Labute approximate surface area is 90.4 Å². The van der Waals surface area contributed by atoms with E-state index in [0.29, 0.717) is 16.7 Å². The van der Waals surface area contributed by atoms with Crippen LogP contribution < -0.4 is 5.84 Å². The van der Waals surface area contributed by atoms with Crippen molar-refractivity contribution in [2.75, 3.05) is 0 Å². The van der Waals surface area contributed by atoms with Crippen LogP contribution in [0, 0.1) is 12.7 Å². The molecular weight excluding hydrogens is 247 g/mol. The van der Waals surface area contributed by atoms with Gasteiger partial charge in [0.1, 0.15) is 5.82 Å². The molecule has 0 radical (unpaired) electrons. The fourth-order valence-electron chi connectivity index (χ4n) is 1.20. The van der Waals surface area contributed by atoms with E-state index in [4.69, 9.17) is 5.84 Å². The number of benzene rings is 1. The Kier molecular flexibility index (Phi) is 3.41. The lowest BCUT2D eigenvalue weighted by molar-refractivity contribution is 0.616. The maximum absolute atomic E-state index is 13.6. The van der Waals surface area contributed by atoms with Gasteiger partial charge >= 0.3 is 0 Å². The van der Waals surface area contributed by atoms with Gasteiger partial charge in [-0.05, 0) is 24.1 Å². The van der Waals surface area contributed by atoms with E-state index in [0.717, 1.165) is 4.47 Å². The predicted molar refractivity (Wildman–Crippen MR) is 60.7 cm³/mol. The lowest BCUT2D eigenvalue weighted by Gasteiger charge is -2.07. The molecular formula is C10H10BrFN2. The largest absolute Gasteiger partial charge is 0.323 e. The molecule has 0 saturated heterocycles. The Hall–Kier alpha value is -1.16. The number of aryl methyl sites for hydroxylation is 1. The maximum atomic E-state index is 13.6. The van der Waals surface area contributed by atoms with Crippen LogP contribution in [0.2, 0.25) is 0 Å². The topological polar surface area (TPSA) is 38.4 Å². The molecule has 0 aliphatic heterocycles. The Morgan fingerprint density at radius 1 is 1.57 bits per heavy atom. The van der Waals surface area contributed by atoms with Gasteiger partial charge in [0.2, 0.25) is 0 Å². The van der Waals surface area contributed by atoms with E-state index in [9.17, 15) is 4.39 Å². The van der Waals surface area contributed by atoms with Crippen molar-refractivity contribution in [3.05, 3.63) is 39.6 Å². The molecule has 4 heteroatoms. The average Bonchev–Trinajstić information content (AvgIpc) is 2.14. The zero-order valence-corrected chi connectivity index (χ0v) is 9.31. The highest BCUT2D eigenvalue weighted by atomic mass is 79.9. The summed E-state index contributed by atoms with van der Waals surface area (Å²) in [5.41, 5.74) is 1.55. The van der Waals surface area contributed by atoms with Crippen LogP contribution in [-0.2, 0) is 0 Å². The average molecular weight is 257 g/mol. The zero-order valence-electron chi connectivity index (χ0n) is 7.72. The Bertz CT molecular complexity index is 400. The molecule has 74 valence electrons. The summed E-state index contributed by atoms with van der Waals surface area (Å²) in [7, 11) is 0. The second-order valence-electron chi connectivity index (χ2n) is 2.80. The van der Waals surface area contributed by atoms with Crippen LogP contribution >= 0.6 is 15.9 Å². The van der Waals surface area contributed by atoms with Crippen LogP contribution in [0.25, 0.3) is 6.08 Å². The third-order valence-corrected chi connectivity index (χ3v) is 2.54. The highest BCUT2D eigenvalue weighted by Crippen LogP contribution is 2.26. The lowest BCUT2D eigenvalue weighted by atomic mass is 10.0. The second kappa shape index (κ2) is 4.37. The number of rotatable bonds is 2. The van der Waals surface area contributed by atoms with Gasteiger partial charge in [-0.25, -0.2) is 4.39 Å². The standard InChI is InChI=1S/C10H10BrFN2/c1-3-7-8(5-14-13)10(12)6(2)4-9(7)11/h3-5H,1,13H2,2H3/b14-5-. The Balaban J connectivity index is 3.55. The number of nitrogens with two attached hydrogens (primary N) is 1. The molecule has 0 heterocycles. The van der Waals surface area contributed by atoms with Crippen LogP contribution in [0.1, 0.15) is 16.7 Å². The van der Waals surface area contributed by atoms with Gasteiger partial charge in [0.15, 0.2) is 0 Å². The molecule has 0 amide bonds. The molecule has 1 rings (SSSR count). The van der Waals surface area contributed by atoms with Crippen molar-refractivity contribution in [3.63, 3.8) is 0 Å². The van der Waals surface area contributed by atoms with Crippen molar-refractivity contribution in [3.8, 4) is 0 Å². The van der Waals surface area contributed by atoms with Crippen molar-refractivity contribution < 1.29 is 4.39 Å². The summed E-state index contributed by atoms with van der Waals surface area (Å²) in [6.07, 6.45) is 2.84. The van der Waals surface area contributed by atoms with Crippen molar-refractivity contribution >= 4 is 28.2 Å². The molecule has 0 saturated carbocycles. The molecule has 1 aromatic rings. The van der Waals surface area contributed by atoms with E-state index in [1.807, 2.05) is 0 Å². The van der Waals surface area contributed by atoms with E-state index in [2.05, 4.69) is 27.6 Å². The van der Waals surface area contributed by atoms with E-state index >= 15 is 0 Å². The van der Waals surface area contributed by atoms with Gasteiger partial charge in [0, 0.05) is 10.0 Å². The molecule has 0 aliphatic rings. The van der Waals surface area contributed by atoms with Gasteiger partial charge in [-0.2, -0.15) is 5.10 Å². The molecule has 0 aliphatic carbocycles. The van der Waals surface area contributed by atoms with Crippen molar-refractivity contribution in [1.82, 2.24) is 0 Å². The van der Waals surface area contributed by atoms with Gasteiger partial charge in [0.05, 0.1) is 6.21 Å². The fraction of sp³-hybridized carbons (Fsp3) is 0.100. The van der Waals surface area contributed by atoms with E-state index in [1.165, 1.54) is 6.21 Å². The smallest absolute Gasteiger partial charge is 0.135 e. The van der Waals surface area contributed by atoms with E-state index in [1.54, 1.807) is 19.1 Å². The molecule has 0 bridgehead atoms. The summed E-state index contributed by atoms with van der Waals surface area (Å²) in [6.45, 7) is 5.29. The lowest BCUT2D eigenvalue weighted by Crippen LogP contribution is -1.99. The number of hydrazone groups is 1. The molecule has 2 N–H and O–H groups in total. The molecule has 2 nitrogen and oxygen atoms in total. The number of hydrogen-bond donors (Lipinski definition) is 1. The molecule has 0 aromatic heterocycles. The summed E-state index contributed by atoms with van der Waals surface area (Å²) < 4.78 is 14.4. The molecule has 0 atom stereocenters. The number of nitrogens with zero attached hydrogens (tertiary/aromatic N) is 1. The van der Waals surface area contributed by atoms with Crippen molar-refractivity contribution in [2.24, 2.45) is 10.9 Å². The molecule has 0 fully saturated rings. The molecule has 0 unspecified atom stereocenters. The van der Waals surface area contributed by atoms with E-state index in [-0.39, 0.29) is 5.82 Å². The highest BCUT2D eigenvalue weighted by molar-refractivity contribution is 9.10. The van der Waals surface area contributed by atoms with Crippen LogP contribution in [0.15, 0.2) is 22.2 Å². The first-order valence-electron chi connectivity index (χ1n) is 3.96. The summed E-state index contributed by atoms with van der Waals surface area (Å²) >= 11 is 3.32. The summed E-state index contributed by atoms with van der Waals surface area (Å²) in [6, 6.07) is 1.69. The van der Waals surface area contributed by atoms with Crippen molar-refractivity contribution in [1.29, 1.82) is 0 Å². The normalized spacial score (nSPS) is 10.8. The third kappa shape index (κ3) is 1.85. The van der Waals surface area contributed by atoms with Gasteiger partial charge in [0.25, 0.3) is 0 Å². The number of halogens is 2. The second-order valence-corrected chi connectivity index (χ2v) is 3.65. The van der Waals surface area contributed by atoms with Gasteiger partial charge < -0.3 is 5.84 Å². The third-order valence-electron chi connectivity index (χ3n) is 1.88. The SMILES string of the molecule is C=Cc1c(Br)cc(C)c(F)c1/C=N\N. The minimum absolute atomic E-state index is 0.322. The van der Waals surface area contributed by atoms with Crippen LogP contribution in [-0.4, -0.2) is 6.21 Å². The molecule has 1 aromatic carbocycles. The highest BCUT2D eigenvalue weighted by Gasteiger charge is 2.11. The van der Waals surface area contributed by atoms with E-state index < -0.39 is 0 Å². The minimum Gasteiger partial charge on any atom is -0.323 e. The monoisotopic (exact) mass is 256 g/mol. The Morgan fingerprint density at radius 2 is 2.21 bits per heavy atom. The van der Waals surface area contributed by atoms with Crippen molar-refractivity contribution in [2.45, 2.75) is 6.92 Å². The zero-order chi connectivity index (χ0) is 10.7. The fourth-order valence-corrected chi connectivity index (χ4v) is 1.92. The molecule has 0 spiro atoms. The maximum Gasteiger partial charge on any atom is 0.135 e. The van der Waals surface area contributed by atoms with Gasteiger partial charge in [-0.15, -0.1) is 0 Å².